The smallest absolute Gasteiger partial charge is 0.241 e. The SMILES string of the molecule is Cc1nc2ccccc2nc1Oc1cccc(N)c1. The molecule has 3 rings (SSSR count). The third-order valence-corrected chi connectivity index (χ3v) is 2.77. The molecule has 0 spiro atoms. The van der Waals surface area contributed by atoms with E-state index in [0.717, 1.165) is 16.7 Å². The highest BCUT2D eigenvalue weighted by Crippen LogP contribution is 2.25. The van der Waals surface area contributed by atoms with E-state index < -0.39 is 0 Å². The quantitative estimate of drug-likeness (QED) is 0.710. The van der Waals surface area contributed by atoms with Crippen molar-refractivity contribution in [2.45, 2.75) is 6.92 Å². The number of rotatable bonds is 2. The lowest BCUT2D eigenvalue weighted by Gasteiger charge is -2.08. The van der Waals surface area contributed by atoms with Gasteiger partial charge in [0.1, 0.15) is 11.4 Å². The highest BCUT2D eigenvalue weighted by molar-refractivity contribution is 5.74. The van der Waals surface area contributed by atoms with Crippen molar-refractivity contribution in [3.63, 3.8) is 0 Å². The molecule has 0 fully saturated rings. The normalized spacial score (nSPS) is 10.6. The van der Waals surface area contributed by atoms with Crippen LogP contribution >= 0.6 is 0 Å². The Bertz CT molecular complexity index is 740. The summed E-state index contributed by atoms with van der Waals surface area (Å²) < 4.78 is 5.74. The Hall–Kier alpha value is -2.62. The van der Waals surface area contributed by atoms with Gasteiger partial charge in [-0.25, -0.2) is 9.97 Å². The van der Waals surface area contributed by atoms with Crippen LogP contribution in [0.4, 0.5) is 5.69 Å². The van der Waals surface area contributed by atoms with Crippen molar-refractivity contribution in [1.82, 2.24) is 9.97 Å². The molecule has 0 bridgehead atoms. The average Bonchev–Trinajstić information content (AvgIpc) is 2.40. The van der Waals surface area contributed by atoms with Gasteiger partial charge in [0.05, 0.1) is 11.0 Å². The van der Waals surface area contributed by atoms with E-state index in [0.29, 0.717) is 17.3 Å². The van der Waals surface area contributed by atoms with Crippen molar-refractivity contribution in [2.24, 2.45) is 0 Å². The van der Waals surface area contributed by atoms with Crippen LogP contribution in [0.2, 0.25) is 0 Å². The molecule has 0 unspecified atom stereocenters. The van der Waals surface area contributed by atoms with E-state index in [1.165, 1.54) is 0 Å². The van der Waals surface area contributed by atoms with Crippen molar-refractivity contribution in [1.29, 1.82) is 0 Å². The molecule has 19 heavy (non-hydrogen) atoms. The maximum Gasteiger partial charge on any atom is 0.241 e. The molecule has 0 saturated carbocycles. The summed E-state index contributed by atoms with van der Waals surface area (Å²) in [6.45, 7) is 1.88. The first kappa shape index (κ1) is 11.5. The lowest BCUT2D eigenvalue weighted by atomic mass is 10.3. The molecule has 0 radical (unpaired) electrons. The zero-order chi connectivity index (χ0) is 13.2. The highest BCUT2D eigenvalue weighted by atomic mass is 16.5. The second-order valence-electron chi connectivity index (χ2n) is 4.28. The molecule has 0 atom stereocenters. The number of ether oxygens (including phenoxy) is 1. The summed E-state index contributed by atoms with van der Waals surface area (Å²) in [7, 11) is 0. The van der Waals surface area contributed by atoms with E-state index in [2.05, 4.69) is 9.97 Å². The summed E-state index contributed by atoms with van der Waals surface area (Å²) in [4.78, 5) is 8.95. The zero-order valence-corrected chi connectivity index (χ0v) is 10.5. The number of fused-ring (bicyclic) bond motifs is 1. The Labute approximate surface area is 110 Å². The minimum Gasteiger partial charge on any atom is -0.437 e. The first-order valence-corrected chi connectivity index (χ1v) is 5.99. The monoisotopic (exact) mass is 251 g/mol. The predicted octanol–water partition coefficient (Wildman–Crippen LogP) is 3.31. The van der Waals surface area contributed by atoms with Crippen LogP contribution in [0.5, 0.6) is 11.6 Å². The van der Waals surface area contributed by atoms with Gasteiger partial charge in [0, 0.05) is 11.8 Å². The van der Waals surface area contributed by atoms with E-state index in [4.69, 9.17) is 10.5 Å². The van der Waals surface area contributed by atoms with Gasteiger partial charge in [0.2, 0.25) is 5.88 Å². The standard InChI is InChI=1S/C15H13N3O/c1-10-15(19-12-6-4-5-11(16)9-12)18-14-8-3-2-7-13(14)17-10/h2-9H,16H2,1H3. The van der Waals surface area contributed by atoms with Crippen molar-refractivity contribution < 1.29 is 4.74 Å². The first-order chi connectivity index (χ1) is 9.22. The van der Waals surface area contributed by atoms with E-state index in [1.807, 2.05) is 49.4 Å². The number of benzene rings is 2. The minimum atomic E-state index is 0.504. The van der Waals surface area contributed by atoms with Gasteiger partial charge < -0.3 is 10.5 Å². The van der Waals surface area contributed by atoms with Crippen LogP contribution in [-0.2, 0) is 0 Å². The molecule has 0 saturated heterocycles. The van der Waals surface area contributed by atoms with Crippen LogP contribution in [-0.4, -0.2) is 9.97 Å². The highest BCUT2D eigenvalue weighted by Gasteiger charge is 2.07. The van der Waals surface area contributed by atoms with Crippen LogP contribution < -0.4 is 10.5 Å². The van der Waals surface area contributed by atoms with Gasteiger partial charge >= 0.3 is 0 Å². The zero-order valence-electron chi connectivity index (χ0n) is 10.5. The topological polar surface area (TPSA) is 61.0 Å². The fraction of sp³-hybridized carbons (Fsp3) is 0.0667. The van der Waals surface area contributed by atoms with Gasteiger partial charge in [-0.1, -0.05) is 18.2 Å². The number of hydrogen-bond acceptors (Lipinski definition) is 4. The summed E-state index contributed by atoms with van der Waals surface area (Å²) in [6, 6.07) is 15.0. The van der Waals surface area contributed by atoms with Crippen molar-refractivity contribution in [3.05, 3.63) is 54.2 Å². The molecular formula is C15H13N3O. The number of anilines is 1. The van der Waals surface area contributed by atoms with Crippen LogP contribution in [0.25, 0.3) is 11.0 Å². The van der Waals surface area contributed by atoms with E-state index in [-0.39, 0.29) is 0 Å². The average molecular weight is 251 g/mol. The summed E-state index contributed by atoms with van der Waals surface area (Å²) in [5.74, 6) is 1.16. The number of nitrogens with zero attached hydrogens (tertiary/aromatic N) is 2. The summed E-state index contributed by atoms with van der Waals surface area (Å²) in [5.41, 5.74) is 8.81. The Morgan fingerprint density at radius 2 is 1.68 bits per heavy atom. The van der Waals surface area contributed by atoms with Gasteiger partial charge in [-0.15, -0.1) is 0 Å². The summed E-state index contributed by atoms with van der Waals surface area (Å²) in [5, 5.41) is 0. The molecule has 94 valence electrons. The second kappa shape index (κ2) is 4.57. The number of nitrogen functional groups attached to an aromatic ring is 1. The van der Waals surface area contributed by atoms with Crippen LogP contribution in [0.3, 0.4) is 0 Å². The fourth-order valence-electron chi connectivity index (χ4n) is 1.86. The van der Waals surface area contributed by atoms with Crippen LogP contribution in [0.15, 0.2) is 48.5 Å². The number of para-hydroxylation sites is 2. The van der Waals surface area contributed by atoms with Gasteiger partial charge in [0.15, 0.2) is 0 Å². The molecule has 3 aromatic rings. The molecule has 1 aromatic heterocycles. The Balaban J connectivity index is 2.03. The third kappa shape index (κ3) is 2.33. The van der Waals surface area contributed by atoms with E-state index >= 15 is 0 Å². The molecule has 0 amide bonds. The van der Waals surface area contributed by atoms with E-state index in [9.17, 15) is 0 Å². The van der Waals surface area contributed by atoms with Gasteiger partial charge in [-0.3, -0.25) is 0 Å². The Morgan fingerprint density at radius 3 is 2.42 bits per heavy atom. The number of nitrogens with two attached hydrogens (primary N) is 1. The lowest BCUT2D eigenvalue weighted by Crippen LogP contribution is -1.96. The van der Waals surface area contributed by atoms with Crippen molar-refractivity contribution in [3.8, 4) is 11.6 Å². The third-order valence-electron chi connectivity index (χ3n) is 2.77. The predicted molar refractivity (Wildman–Crippen MR) is 75.2 cm³/mol. The van der Waals surface area contributed by atoms with E-state index in [1.54, 1.807) is 6.07 Å². The molecular weight excluding hydrogens is 238 g/mol. The van der Waals surface area contributed by atoms with Crippen LogP contribution in [0.1, 0.15) is 5.69 Å². The first-order valence-electron chi connectivity index (χ1n) is 5.99. The molecule has 1 heterocycles. The maximum absolute atomic E-state index is 5.74. The van der Waals surface area contributed by atoms with Crippen LogP contribution in [0, 0.1) is 6.92 Å². The molecule has 4 heteroatoms. The molecule has 0 aliphatic heterocycles. The Kier molecular flexibility index (Phi) is 2.76. The molecule has 4 nitrogen and oxygen atoms in total. The number of hydrogen-bond donors (Lipinski definition) is 1. The minimum absolute atomic E-state index is 0.504. The molecule has 2 N–H and O–H groups in total. The van der Waals surface area contributed by atoms with Crippen molar-refractivity contribution >= 4 is 16.7 Å². The maximum atomic E-state index is 5.74. The number of aryl methyl sites for hydroxylation is 1. The largest absolute Gasteiger partial charge is 0.437 e. The van der Waals surface area contributed by atoms with Gasteiger partial charge in [-0.05, 0) is 31.2 Å². The van der Waals surface area contributed by atoms with Gasteiger partial charge in [-0.2, -0.15) is 0 Å². The molecule has 0 aliphatic rings. The summed E-state index contributed by atoms with van der Waals surface area (Å²) >= 11 is 0. The number of aromatic nitrogens is 2. The summed E-state index contributed by atoms with van der Waals surface area (Å²) in [6.07, 6.45) is 0. The second-order valence-corrected chi connectivity index (χ2v) is 4.28. The molecule has 2 aromatic carbocycles. The fourth-order valence-corrected chi connectivity index (χ4v) is 1.86. The lowest BCUT2D eigenvalue weighted by molar-refractivity contribution is 0.458. The van der Waals surface area contributed by atoms with Crippen molar-refractivity contribution in [2.75, 3.05) is 5.73 Å². The van der Waals surface area contributed by atoms with Gasteiger partial charge in [0.25, 0.3) is 0 Å². The molecule has 0 aliphatic carbocycles. The Morgan fingerprint density at radius 1 is 0.947 bits per heavy atom.